The van der Waals surface area contributed by atoms with Gasteiger partial charge >= 0.3 is 11.9 Å². The van der Waals surface area contributed by atoms with E-state index in [9.17, 15) is 9.59 Å². The van der Waals surface area contributed by atoms with Crippen molar-refractivity contribution in [2.45, 2.75) is 138 Å². The molecule has 5 nitrogen and oxygen atoms in total. The number of rotatable bonds is 10. The molecule has 0 saturated heterocycles. The third-order valence-electron chi connectivity index (χ3n) is 11.5. The van der Waals surface area contributed by atoms with Gasteiger partial charge in [0.15, 0.2) is 0 Å². The SMILES string of the molecule is CC(C)CCC[C@@H](C)[C@H]1CCC2[C@@H]3CC=C4C[C@@H](OC(=O)CNCC(=O)OC(C)(C)C)CC[C@]4(C)C3CC[C@@]21C. The molecule has 5 heteroatoms. The maximum atomic E-state index is 12.5. The topological polar surface area (TPSA) is 64.6 Å². The lowest BCUT2D eigenvalue weighted by atomic mass is 9.47. The Kier molecular flexibility index (Phi) is 9.85. The number of hydrogen-bond acceptors (Lipinski definition) is 5. The lowest BCUT2D eigenvalue weighted by Gasteiger charge is -2.58. The van der Waals surface area contributed by atoms with Crippen molar-refractivity contribution in [2.24, 2.45) is 46.3 Å². The van der Waals surface area contributed by atoms with Crippen LogP contribution < -0.4 is 5.32 Å². The first-order valence-corrected chi connectivity index (χ1v) is 16.5. The van der Waals surface area contributed by atoms with Crippen LogP contribution in [0.25, 0.3) is 0 Å². The highest BCUT2D eigenvalue weighted by atomic mass is 16.6. The largest absolute Gasteiger partial charge is 0.461 e. The van der Waals surface area contributed by atoms with E-state index < -0.39 is 5.60 Å². The maximum Gasteiger partial charge on any atom is 0.320 e. The second-order valence-corrected chi connectivity index (χ2v) is 15.8. The van der Waals surface area contributed by atoms with E-state index >= 15 is 0 Å². The number of esters is 2. The van der Waals surface area contributed by atoms with Crippen LogP contribution in [0.5, 0.6) is 0 Å². The molecule has 0 radical (unpaired) electrons. The van der Waals surface area contributed by atoms with Gasteiger partial charge < -0.3 is 9.47 Å². The maximum absolute atomic E-state index is 12.5. The third-order valence-corrected chi connectivity index (χ3v) is 11.5. The zero-order valence-corrected chi connectivity index (χ0v) is 26.9. The highest BCUT2D eigenvalue weighted by molar-refractivity contribution is 5.75. The van der Waals surface area contributed by atoms with Crippen molar-refractivity contribution in [1.29, 1.82) is 0 Å². The Bertz CT molecular complexity index is 934. The van der Waals surface area contributed by atoms with Gasteiger partial charge in [0.1, 0.15) is 11.7 Å². The third kappa shape index (κ3) is 6.98. The molecule has 0 aromatic heterocycles. The summed E-state index contributed by atoms with van der Waals surface area (Å²) in [6.07, 6.45) is 16.4. The van der Waals surface area contributed by atoms with Gasteiger partial charge in [0, 0.05) is 6.42 Å². The lowest BCUT2D eigenvalue weighted by molar-refractivity contribution is -0.154. The van der Waals surface area contributed by atoms with Crippen LogP contribution in [0.4, 0.5) is 0 Å². The number of carbonyl (C=O) groups is 2. The van der Waals surface area contributed by atoms with Gasteiger partial charge in [-0.1, -0.05) is 65.5 Å². The summed E-state index contributed by atoms with van der Waals surface area (Å²) in [5, 5.41) is 2.89. The molecule has 0 spiro atoms. The molecule has 0 aromatic rings. The first kappa shape index (κ1) is 31.6. The highest BCUT2D eigenvalue weighted by Gasteiger charge is 2.59. The van der Waals surface area contributed by atoms with Crippen molar-refractivity contribution in [3.8, 4) is 0 Å². The second-order valence-electron chi connectivity index (χ2n) is 15.8. The number of fused-ring (bicyclic) bond motifs is 5. The second kappa shape index (κ2) is 12.5. The normalized spacial score (nSPS) is 36.2. The van der Waals surface area contributed by atoms with Crippen LogP contribution in [-0.2, 0) is 19.1 Å². The van der Waals surface area contributed by atoms with E-state index in [0.29, 0.717) is 5.41 Å². The summed E-state index contributed by atoms with van der Waals surface area (Å²) >= 11 is 0. The average Bonchev–Trinajstić information content (AvgIpc) is 3.20. The van der Waals surface area contributed by atoms with Crippen LogP contribution in [0.2, 0.25) is 0 Å². The number of allylic oxidation sites excluding steroid dienone is 1. The molecule has 3 fully saturated rings. The van der Waals surface area contributed by atoms with Gasteiger partial charge in [-0.2, -0.15) is 0 Å². The molecule has 0 heterocycles. The van der Waals surface area contributed by atoms with Crippen molar-refractivity contribution in [1.82, 2.24) is 5.32 Å². The fourth-order valence-electron chi connectivity index (χ4n) is 9.62. The molecule has 4 rings (SSSR count). The summed E-state index contributed by atoms with van der Waals surface area (Å²) in [5.41, 5.74) is 1.78. The Morgan fingerprint density at radius 2 is 1.70 bits per heavy atom. The number of nitrogens with one attached hydrogen (secondary N) is 1. The standard InChI is InChI=1S/C35H59NO4/c1-23(2)10-9-11-24(3)28-14-15-29-27-13-12-25-20-26(16-18-34(25,7)30(27)17-19-35(28,29)8)39-31(37)21-36-22-32(38)40-33(4,5)6/h12,23-24,26-30,36H,9-11,13-22H2,1-8H3/t24-,26+,27+,28-,29?,30?,34+,35-/m1/s1. The number of ether oxygens (including phenoxy) is 2. The lowest BCUT2D eigenvalue weighted by Crippen LogP contribution is -2.51. The highest BCUT2D eigenvalue weighted by Crippen LogP contribution is 2.67. The fourth-order valence-corrected chi connectivity index (χ4v) is 9.62. The predicted molar refractivity (Wildman–Crippen MR) is 162 cm³/mol. The quantitative estimate of drug-likeness (QED) is 0.219. The minimum absolute atomic E-state index is 0.0149. The Labute approximate surface area is 245 Å². The summed E-state index contributed by atoms with van der Waals surface area (Å²) in [5.74, 6) is 4.38. The van der Waals surface area contributed by atoms with Crippen molar-refractivity contribution >= 4 is 11.9 Å². The molecule has 3 saturated carbocycles. The van der Waals surface area contributed by atoms with E-state index in [0.717, 1.165) is 54.8 Å². The van der Waals surface area contributed by atoms with Crippen molar-refractivity contribution in [2.75, 3.05) is 13.1 Å². The van der Waals surface area contributed by atoms with E-state index in [-0.39, 0.29) is 36.5 Å². The monoisotopic (exact) mass is 557 g/mol. The minimum Gasteiger partial charge on any atom is -0.461 e. The van der Waals surface area contributed by atoms with Crippen molar-refractivity contribution < 1.29 is 19.1 Å². The molecule has 8 atom stereocenters. The molecule has 40 heavy (non-hydrogen) atoms. The van der Waals surface area contributed by atoms with E-state index in [1.54, 1.807) is 5.57 Å². The van der Waals surface area contributed by atoms with Gasteiger partial charge in [-0.25, -0.2) is 0 Å². The Hall–Kier alpha value is -1.36. The van der Waals surface area contributed by atoms with Crippen LogP contribution in [0.3, 0.4) is 0 Å². The summed E-state index contributed by atoms with van der Waals surface area (Å²) in [4.78, 5) is 24.4. The summed E-state index contributed by atoms with van der Waals surface area (Å²) in [7, 11) is 0. The molecular weight excluding hydrogens is 498 g/mol. The van der Waals surface area contributed by atoms with Crippen LogP contribution in [0, 0.1) is 46.3 Å². The van der Waals surface area contributed by atoms with E-state index in [1.165, 1.54) is 51.4 Å². The minimum atomic E-state index is -0.525. The van der Waals surface area contributed by atoms with Crippen LogP contribution in [0.1, 0.15) is 126 Å². The molecule has 4 aliphatic carbocycles. The van der Waals surface area contributed by atoms with Gasteiger partial charge in [0.05, 0.1) is 13.1 Å². The van der Waals surface area contributed by atoms with Crippen molar-refractivity contribution in [3.05, 3.63) is 11.6 Å². The predicted octanol–water partition coefficient (Wildman–Crippen LogP) is 7.87. The van der Waals surface area contributed by atoms with Crippen LogP contribution in [-0.4, -0.2) is 36.7 Å². The molecule has 0 amide bonds. The smallest absolute Gasteiger partial charge is 0.320 e. The molecule has 1 N–H and O–H groups in total. The first-order valence-electron chi connectivity index (χ1n) is 16.5. The molecule has 2 unspecified atom stereocenters. The van der Waals surface area contributed by atoms with Gasteiger partial charge in [-0.15, -0.1) is 0 Å². The zero-order chi connectivity index (χ0) is 29.3. The Balaban J connectivity index is 1.31. The van der Waals surface area contributed by atoms with Gasteiger partial charge in [-0.3, -0.25) is 14.9 Å². The van der Waals surface area contributed by atoms with Crippen LogP contribution in [0.15, 0.2) is 11.6 Å². The molecule has 228 valence electrons. The Morgan fingerprint density at radius 1 is 0.975 bits per heavy atom. The van der Waals surface area contributed by atoms with Gasteiger partial charge in [0.25, 0.3) is 0 Å². The fraction of sp³-hybridized carbons (Fsp3) is 0.886. The average molecular weight is 558 g/mol. The summed E-state index contributed by atoms with van der Waals surface area (Å²) < 4.78 is 11.2. The zero-order valence-electron chi connectivity index (χ0n) is 26.9. The number of carbonyl (C=O) groups excluding carboxylic acids is 2. The summed E-state index contributed by atoms with van der Waals surface area (Å²) in [6, 6.07) is 0. The van der Waals surface area contributed by atoms with E-state index in [4.69, 9.17) is 9.47 Å². The van der Waals surface area contributed by atoms with E-state index in [2.05, 4.69) is 46.0 Å². The van der Waals surface area contributed by atoms with Gasteiger partial charge in [-0.05, 0) is 112 Å². The summed E-state index contributed by atoms with van der Waals surface area (Å²) in [6.45, 7) is 18.0. The molecule has 0 aliphatic heterocycles. The number of hydrogen-bond donors (Lipinski definition) is 1. The molecule has 0 aromatic carbocycles. The Morgan fingerprint density at radius 3 is 2.40 bits per heavy atom. The van der Waals surface area contributed by atoms with Crippen LogP contribution >= 0.6 is 0 Å². The van der Waals surface area contributed by atoms with E-state index in [1.807, 2.05) is 20.8 Å². The molecule has 0 bridgehead atoms. The molecule has 4 aliphatic rings. The first-order chi connectivity index (χ1) is 18.7. The van der Waals surface area contributed by atoms with Gasteiger partial charge in [0.2, 0.25) is 0 Å². The van der Waals surface area contributed by atoms with Crippen molar-refractivity contribution in [3.63, 3.8) is 0 Å². The molecular formula is C35H59NO4.